The Bertz CT molecular complexity index is 585. The summed E-state index contributed by atoms with van der Waals surface area (Å²) in [4.78, 5) is 0.183. The molecule has 0 saturated carbocycles. The average molecular weight is 378 g/mol. The lowest BCUT2D eigenvalue weighted by Crippen LogP contribution is -2.33. The maximum Gasteiger partial charge on any atom is 0.241 e. The highest BCUT2D eigenvalue weighted by Gasteiger charge is 2.22. The first-order valence-electron chi connectivity index (χ1n) is 7.09. The number of hydrogen-bond acceptors (Lipinski definition) is 3. The van der Waals surface area contributed by atoms with E-state index in [0.29, 0.717) is 16.0 Å². The predicted molar refractivity (Wildman–Crippen MR) is 88.7 cm³/mol. The molecule has 0 aliphatic rings. The highest BCUT2D eigenvalue weighted by Crippen LogP contribution is 2.27. The van der Waals surface area contributed by atoms with E-state index in [4.69, 9.17) is 0 Å². The van der Waals surface area contributed by atoms with Crippen molar-refractivity contribution in [2.24, 2.45) is 5.92 Å². The van der Waals surface area contributed by atoms with E-state index in [9.17, 15) is 13.5 Å². The van der Waals surface area contributed by atoms with Gasteiger partial charge in [0.25, 0.3) is 0 Å². The molecule has 0 spiro atoms. The molecule has 4 nitrogen and oxygen atoms in total. The summed E-state index contributed by atoms with van der Waals surface area (Å²) in [5.41, 5.74) is 1.38. The summed E-state index contributed by atoms with van der Waals surface area (Å²) in [7, 11) is -3.60. The standard InChI is InChI=1S/C15H24BrNO3S/c1-10(2)5-6-12(4)17-21(19,20)14-8-13(9-18)7-11(3)15(14)16/h7-8,10,12,17-18H,5-6,9H2,1-4H3. The minimum atomic E-state index is -3.60. The van der Waals surface area contributed by atoms with Crippen LogP contribution in [0.2, 0.25) is 0 Å². The second-order valence-electron chi connectivity index (χ2n) is 5.88. The first-order chi connectivity index (χ1) is 9.67. The van der Waals surface area contributed by atoms with E-state index in [0.717, 1.165) is 18.4 Å². The Morgan fingerprint density at radius 1 is 1.24 bits per heavy atom. The Morgan fingerprint density at radius 3 is 2.38 bits per heavy atom. The van der Waals surface area contributed by atoms with Crippen molar-refractivity contribution >= 4 is 26.0 Å². The summed E-state index contributed by atoms with van der Waals surface area (Å²) < 4.78 is 28.3. The van der Waals surface area contributed by atoms with Gasteiger partial charge >= 0.3 is 0 Å². The maximum atomic E-state index is 12.5. The van der Waals surface area contributed by atoms with E-state index >= 15 is 0 Å². The first-order valence-corrected chi connectivity index (χ1v) is 9.37. The lowest BCUT2D eigenvalue weighted by Gasteiger charge is -2.17. The van der Waals surface area contributed by atoms with Crippen LogP contribution in [0.15, 0.2) is 21.5 Å². The fourth-order valence-electron chi connectivity index (χ4n) is 2.07. The Balaban J connectivity index is 3.00. The molecular weight excluding hydrogens is 354 g/mol. The molecule has 1 atom stereocenters. The summed E-state index contributed by atoms with van der Waals surface area (Å²) >= 11 is 3.33. The van der Waals surface area contributed by atoms with Crippen molar-refractivity contribution in [3.05, 3.63) is 27.7 Å². The van der Waals surface area contributed by atoms with Gasteiger partial charge in [-0.2, -0.15) is 0 Å². The third kappa shape index (κ3) is 5.36. The maximum absolute atomic E-state index is 12.5. The Hall–Kier alpha value is -0.430. The van der Waals surface area contributed by atoms with Crippen LogP contribution in [0.3, 0.4) is 0 Å². The molecule has 120 valence electrons. The summed E-state index contributed by atoms with van der Waals surface area (Å²) in [5.74, 6) is 0.545. The SMILES string of the molecule is Cc1cc(CO)cc(S(=O)(=O)NC(C)CCC(C)C)c1Br. The summed E-state index contributed by atoms with van der Waals surface area (Å²) in [6, 6.07) is 3.15. The van der Waals surface area contributed by atoms with Gasteiger partial charge in [-0.1, -0.05) is 19.9 Å². The molecule has 0 radical (unpaired) electrons. The minimum absolute atomic E-state index is 0.123. The fourth-order valence-corrected chi connectivity index (χ4v) is 4.41. The molecule has 0 bridgehead atoms. The van der Waals surface area contributed by atoms with E-state index in [1.54, 1.807) is 6.07 Å². The van der Waals surface area contributed by atoms with Gasteiger partial charge in [-0.3, -0.25) is 0 Å². The zero-order chi connectivity index (χ0) is 16.2. The molecule has 1 aromatic rings. The number of nitrogens with one attached hydrogen (secondary N) is 1. The van der Waals surface area contributed by atoms with Crippen molar-refractivity contribution < 1.29 is 13.5 Å². The summed E-state index contributed by atoms with van der Waals surface area (Å²) in [5, 5.41) is 9.24. The number of benzene rings is 1. The van der Waals surface area contributed by atoms with Crippen LogP contribution in [0.4, 0.5) is 0 Å². The highest BCUT2D eigenvalue weighted by molar-refractivity contribution is 9.10. The molecule has 0 amide bonds. The minimum Gasteiger partial charge on any atom is -0.392 e. The second kappa shape index (κ2) is 7.72. The van der Waals surface area contributed by atoms with Gasteiger partial charge in [-0.05, 0) is 65.7 Å². The molecule has 1 rings (SSSR count). The van der Waals surface area contributed by atoms with Crippen LogP contribution in [0, 0.1) is 12.8 Å². The molecule has 0 saturated heterocycles. The molecule has 2 N–H and O–H groups in total. The topological polar surface area (TPSA) is 66.4 Å². The molecule has 0 aromatic heterocycles. The molecule has 21 heavy (non-hydrogen) atoms. The van der Waals surface area contributed by atoms with Gasteiger partial charge in [-0.25, -0.2) is 13.1 Å². The van der Waals surface area contributed by atoms with Crippen molar-refractivity contribution in [1.82, 2.24) is 4.72 Å². The van der Waals surface area contributed by atoms with E-state index < -0.39 is 10.0 Å². The fraction of sp³-hybridized carbons (Fsp3) is 0.600. The van der Waals surface area contributed by atoms with Crippen LogP contribution in [-0.4, -0.2) is 19.6 Å². The van der Waals surface area contributed by atoms with Crippen LogP contribution < -0.4 is 4.72 Å². The zero-order valence-corrected chi connectivity index (χ0v) is 15.4. The molecule has 0 aliphatic heterocycles. The number of aliphatic hydroxyl groups excluding tert-OH is 1. The van der Waals surface area contributed by atoms with E-state index in [2.05, 4.69) is 34.5 Å². The third-order valence-electron chi connectivity index (χ3n) is 3.29. The molecule has 0 fully saturated rings. The van der Waals surface area contributed by atoms with Crippen LogP contribution in [-0.2, 0) is 16.6 Å². The molecule has 0 heterocycles. The molecular formula is C15H24BrNO3S. The van der Waals surface area contributed by atoms with Crippen LogP contribution in [0.1, 0.15) is 44.7 Å². The average Bonchev–Trinajstić information content (AvgIpc) is 2.38. The van der Waals surface area contributed by atoms with Crippen LogP contribution >= 0.6 is 15.9 Å². The Morgan fingerprint density at radius 2 is 1.86 bits per heavy atom. The lowest BCUT2D eigenvalue weighted by molar-refractivity contribution is 0.281. The van der Waals surface area contributed by atoms with Crippen LogP contribution in [0.25, 0.3) is 0 Å². The van der Waals surface area contributed by atoms with E-state index in [1.807, 2.05) is 13.8 Å². The quantitative estimate of drug-likeness (QED) is 0.765. The van der Waals surface area contributed by atoms with Gasteiger partial charge in [0.15, 0.2) is 0 Å². The largest absolute Gasteiger partial charge is 0.392 e. The van der Waals surface area contributed by atoms with E-state index in [1.165, 1.54) is 6.07 Å². The van der Waals surface area contributed by atoms with Gasteiger partial charge < -0.3 is 5.11 Å². The number of hydrogen-bond donors (Lipinski definition) is 2. The van der Waals surface area contributed by atoms with Crippen LogP contribution in [0.5, 0.6) is 0 Å². The predicted octanol–water partition coefficient (Wildman–Crippen LogP) is 3.35. The Kier molecular flexibility index (Phi) is 6.84. The lowest BCUT2D eigenvalue weighted by atomic mass is 10.1. The molecule has 1 aromatic carbocycles. The van der Waals surface area contributed by atoms with Crippen molar-refractivity contribution in [3.8, 4) is 0 Å². The van der Waals surface area contributed by atoms with Gasteiger partial charge in [-0.15, -0.1) is 0 Å². The van der Waals surface area contributed by atoms with E-state index in [-0.39, 0.29) is 17.5 Å². The summed E-state index contributed by atoms with van der Waals surface area (Å²) in [6.45, 7) is 7.73. The number of halogens is 1. The number of sulfonamides is 1. The first kappa shape index (κ1) is 18.6. The molecule has 0 aliphatic carbocycles. The summed E-state index contributed by atoms with van der Waals surface area (Å²) in [6.07, 6.45) is 1.77. The normalized spacial score (nSPS) is 13.7. The van der Waals surface area contributed by atoms with Gasteiger partial charge in [0.2, 0.25) is 10.0 Å². The zero-order valence-electron chi connectivity index (χ0n) is 13.0. The van der Waals surface area contributed by atoms with Gasteiger partial charge in [0.1, 0.15) is 0 Å². The Labute approximate surface area is 136 Å². The third-order valence-corrected chi connectivity index (χ3v) is 6.22. The van der Waals surface area contributed by atoms with Crippen molar-refractivity contribution in [3.63, 3.8) is 0 Å². The van der Waals surface area contributed by atoms with Crippen molar-refractivity contribution in [1.29, 1.82) is 0 Å². The molecule has 1 unspecified atom stereocenters. The van der Waals surface area contributed by atoms with Gasteiger partial charge in [0.05, 0.1) is 11.5 Å². The second-order valence-corrected chi connectivity index (χ2v) is 8.35. The highest BCUT2D eigenvalue weighted by atomic mass is 79.9. The van der Waals surface area contributed by atoms with Crippen molar-refractivity contribution in [2.45, 2.75) is 58.1 Å². The van der Waals surface area contributed by atoms with Crippen molar-refractivity contribution in [2.75, 3.05) is 0 Å². The van der Waals surface area contributed by atoms with Gasteiger partial charge in [0, 0.05) is 10.5 Å². The smallest absolute Gasteiger partial charge is 0.241 e. The number of rotatable bonds is 7. The number of aryl methyl sites for hydroxylation is 1. The molecule has 6 heteroatoms. The monoisotopic (exact) mass is 377 g/mol. The number of aliphatic hydroxyl groups is 1.